The molecule has 0 radical (unpaired) electrons. The van der Waals surface area contributed by atoms with Gasteiger partial charge in [-0.25, -0.2) is 0 Å². The van der Waals surface area contributed by atoms with Crippen LogP contribution in [0.1, 0.15) is 12.8 Å². The average Bonchev–Trinajstić information content (AvgIpc) is 2.37. The van der Waals surface area contributed by atoms with E-state index in [0.717, 1.165) is 13.1 Å². The number of hydrogen-bond donors (Lipinski definition) is 2. The van der Waals surface area contributed by atoms with Crippen LogP contribution in [0.3, 0.4) is 0 Å². The highest BCUT2D eigenvalue weighted by Gasteiger charge is 2.17. The number of likely N-dealkylation sites (tertiary alicyclic amines) is 1. The quantitative estimate of drug-likeness (QED) is 0.522. The summed E-state index contributed by atoms with van der Waals surface area (Å²) < 4.78 is 0. The molecule has 9 heavy (non-hydrogen) atoms. The third-order valence-corrected chi connectivity index (χ3v) is 1.77. The Morgan fingerprint density at radius 2 is 2.00 bits per heavy atom. The molecule has 0 spiro atoms. The van der Waals surface area contributed by atoms with Gasteiger partial charge in [0.2, 0.25) is 0 Å². The molecule has 1 fully saturated rings. The lowest BCUT2D eigenvalue weighted by Gasteiger charge is -2.19. The summed E-state index contributed by atoms with van der Waals surface area (Å²) in [4.78, 5) is 2.01. The lowest BCUT2D eigenvalue weighted by molar-refractivity contribution is 0.0284. The Morgan fingerprint density at radius 1 is 1.44 bits per heavy atom. The van der Waals surface area contributed by atoms with Gasteiger partial charge in [-0.15, -0.1) is 0 Å². The Kier molecular flexibility index (Phi) is 2.45. The molecule has 0 aromatic heterocycles. The van der Waals surface area contributed by atoms with Crippen molar-refractivity contribution in [2.24, 2.45) is 5.73 Å². The van der Waals surface area contributed by atoms with E-state index >= 15 is 0 Å². The fraction of sp³-hybridized carbons (Fsp3) is 1.00. The Hall–Kier alpha value is -0.120. The van der Waals surface area contributed by atoms with Crippen molar-refractivity contribution in [2.45, 2.75) is 19.1 Å². The van der Waals surface area contributed by atoms with Gasteiger partial charge in [0, 0.05) is 19.6 Å². The standard InChI is InChI=1S/C6H14N2O/c7-5-6(9)8-3-1-2-4-8/h6,9H,1-5,7H2. The highest BCUT2D eigenvalue weighted by atomic mass is 16.3. The third kappa shape index (κ3) is 1.64. The van der Waals surface area contributed by atoms with Crippen molar-refractivity contribution in [3.05, 3.63) is 0 Å². The van der Waals surface area contributed by atoms with Gasteiger partial charge in [0.15, 0.2) is 0 Å². The zero-order valence-corrected chi connectivity index (χ0v) is 5.58. The van der Waals surface area contributed by atoms with E-state index in [1.807, 2.05) is 4.90 Å². The predicted octanol–water partition coefficient (Wildman–Crippen LogP) is -0.641. The van der Waals surface area contributed by atoms with Crippen LogP contribution in [0.2, 0.25) is 0 Å². The zero-order chi connectivity index (χ0) is 6.69. The minimum atomic E-state index is -0.396. The fourth-order valence-electron chi connectivity index (χ4n) is 1.19. The summed E-state index contributed by atoms with van der Waals surface area (Å²) in [6, 6.07) is 0. The topological polar surface area (TPSA) is 49.5 Å². The molecule has 3 nitrogen and oxygen atoms in total. The zero-order valence-electron chi connectivity index (χ0n) is 5.58. The van der Waals surface area contributed by atoms with Gasteiger partial charge in [-0.1, -0.05) is 0 Å². The van der Waals surface area contributed by atoms with Crippen molar-refractivity contribution >= 4 is 0 Å². The molecule has 1 rings (SSSR count). The van der Waals surface area contributed by atoms with E-state index in [1.54, 1.807) is 0 Å². The first-order chi connectivity index (χ1) is 4.34. The van der Waals surface area contributed by atoms with E-state index in [1.165, 1.54) is 12.8 Å². The molecule has 0 saturated carbocycles. The summed E-state index contributed by atoms with van der Waals surface area (Å²) >= 11 is 0. The Balaban J connectivity index is 2.24. The number of hydrogen-bond acceptors (Lipinski definition) is 3. The van der Waals surface area contributed by atoms with E-state index in [2.05, 4.69) is 0 Å². The average molecular weight is 130 g/mol. The first kappa shape index (κ1) is 6.99. The number of aliphatic hydroxyl groups is 1. The normalized spacial score (nSPS) is 24.7. The van der Waals surface area contributed by atoms with E-state index in [0.29, 0.717) is 6.54 Å². The van der Waals surface area contributed by atoms with Gasteiger partial charge in [0.25, 0.3) is 0 Å². The molecule has 1 atom stereocenters. The number of rotatable bonds is 2. The molecule has 1 aliphatic rings. The SMILES string of the molecule is NCC(O)N1CCCC1. The first-order valence-electron chi connectivity index (χ1n) is 3.47. The van der Waals surface area contributed by atoms with Crippen molar-refractivity contribution in [1.82, 2.24) is 4.90 Å². The molecule has 54 valence electrons. The largest absolute Gasteiger partial charge is 0.377 e. The maximum Gasteiger partial charge on any atom is 0.119 e. The Bertz CT molecular complexity index is 81.1. The molecule has 3 heteroatoms. The predicted molar refractivity (Wildman–Crippen MR) is 35.9 cm³/mol. The van der Waals surface area contributed by atoms with Crippen molar-refractivity contribution in [2.75, 3.05) is 19.6 Å². The monoisotopic (exact) mass is 130 g/mol. The molecular weight excluding hydrogens is 116 g/mol. The molecular formula is C6H14N2O. The van der Waals surface area contributed by atoms with E-state index in [4.69, 9.17) is 10.8 Å². The number of aliphatic hydroxyl groups excluding tert-OH is 1. The molecule has 0 amide bonds. The molecule has 0 aromatic rings. The van der Waals surface area contributed by atoms with E-state index in [-0.39, 0.29) is 0 Å². The van der Waals surface area contributed by atoms with Crippen molar-refractivity contribution in [1.29, 1.82) is 0 Å². The van der Waals surface area contributed by atoms with Crippen molar-refractivity contribution < 1.29 is 5.11 Å². The van der Waals surface area contributed by atoms with Crippen LogP contribution in [0.4, 0.5) is 0 Å². The van der Waals surface area contributed by atoms with Gasteiger partial charge in [0.05, 0.1) is 0 Å². The third-order valence-electron chi connectivity index (χ3n) is 1.77. The van der Waals surface area contributed by atoms with Gasteiger partial charge in [-0.2, -0.15) is 0 Å². The summed E-state index contributed by atoms with van der Waals surface area (Å²) in [5.74, 6) is 0. The van der Waals surface area contributed by atoms with Crippen LogP contribution in [0, 0.1) is 0 Å². The van der Waals surface area contributed by atoms with Gasteiger partial charge in [-0.05, 0) is 12.8 Å². The van der Waals surface area contributed by atoms with Crippen LogP contribution >= 0.6 is 0 Å². The maximum absolute atomic E-state index is 9.16. The number of nitrogens with zero attached hydrogens (tertiary/aromatic N) is 1. The summed E-state index contributed by atoms with van der Waals surface area (Å²) in [5, 5.41) is 9.16. The first-order valence-corrected chi connectivity index (χ1v) is 3.47. The highest BCUT2D eigenvalue weighted by Crippen LogP contribution is 2.08. The second-order valence-corrected chi connectivity index (χ2v) is 2.46. The molecule has 3 N–H and O–H groups in total. The smallest absolute Gasteiger partial charge is 0.119 e. The lowest BCUT2D eigenvalue weighted by Crippen LogP contribution is -2.38. The van der Waals surface area contributed by atoms with Crippen molar-refractivity contribution in [3.8, 4) is 0 Å². The van der Waals surface area contributed by atoms with Crippen LogP contribution in [0.15, 0.2) is 0 Å². The number of nitrogens with two attached hydrogens (primary N) is 1. The summed E-state index contributed by atoms with van der Waals surface area (Å²) in [5.41, 5.74) is 5.26. The highest BCUT2D eigenvalue weighted by molar-refractivity contribution is 4.68. The molecule has 0 aromatic carbocycles. The molecule has 0 aliphatic carbocycles. The second-order valence-electron chi connectivity index (χ2n) is 2.46. The minimum absolute atomic E-state index is 0.361. The minimum Gasteiger partial charge on any atom is -0.377 e. The second kappa shape index (κ2) is 3.15. The molecule has 1 saturated heterocycles. The van der Waals surface area contributed by atoms with Crippen LogP contribution in [0.25, 0.3) is 0 Å². The van der Waals surface area contributed by atoms with E-state index < -0.39 is 6.23 Å². The lowest BCUT2D eigenvalue weighted by atomic mass is 10.4. The molecule has 0 bridgehead atoms. The summed E-state index contributed by atoms with van der Waals surface area (Å²) in [7, 11) is 0. The summed E-state index contributed by atoms with van der Waals surface area (Å²) in [6.45, 7) is 2.39. The maximum atomic E-state index is 9.16. The Labute approximate surface area is 55.5 Å². The van der Waals surface area contributed by atoms with Gasteiger partial charge < -0.3 is 10.8 Å². The molecule has 1 aliphatic heterocycles. The summed E-state index contributed by atoms with van der Waals surface area (Å²) in [6.07, 6.45) is 2.01. The molecule has 1 unspecified atom stereocenters. The van der Waals surface area contributed by atoms with Crippen LogP contribution in [0.5, 0.6) is 0 Å². The van der Waals surface area contributed by atoms with Crippen LogP contribution < -0.4 is 5.73 Å². The van der Waals surface area contributed by atoms with Gasteiger partial charge >= 0.3 is 0 Å². The van der Waals surface area contributed by atoms with Crippen LogP contribution in [-0.2, 0) is 0 Å². The van der Waals surface area contributed by atoms with Crippen molar-refractivity contribution in [3.63, 3.8) is 0 Å². The van der Waals surface area contributed by atoms with Gasteiger partial charge in [-0.3, -0.25) is 4.90 Å². The Morgan fingerprint density at radius 3 is 2.44 bits per heavy atom. The van der Waals surface area contributed by atoms with Crippen LogP contribution in [-0.4, -0.2) is 35.9 Å². The van der Waals surface area contributed by atoms with E-state index in [9.17, 15) is 0 Å². The van der Waals surface area contributed by atoms with Gasteiger partial charge in [0.1, 0.15) is 6.23 Å². The fourth-order valence-corrected chi connectivity index (χ4v) is 1.19. The molecule has 1 heterocycles.